The van der Waals surface area contributed by atoms with Gasteiger partial charge in [-0.05, 0) is 43.4 Å². The Hall–Kier alpha value is -0.555. The highest BCUT2D eigenvalue weighted by Crippen LogP contribution is 2.10. The fourth-order valence-electron chi connectivity index (χ4n) is 1.73. The molecule has 0 spiro atoms. The lowest BCUT2D eigenvalue weighted by Crippen LogP contribution is -2.33. The van der Waals surface area contributed by atoms with E-state index in [1.807, 2.05) is 13.3 Å². The summed E-state index contributed by atoms with van der Waals surface area (Å²) in [6.07, 6.45) is 2.05. The molecule has 0 radical (unpaired) electrons. The molecule has 0 saturated carbocycles. The first-order valence-corrected chi connectivity index (χ1v) is 7.18. The summed E-state index contributed by atoms with van der Waals surface area (Å²) in [5.41, 5.74) is 0.935. The van der Waals surface area contributed by atoms with Crippen LogP contribution in [-0.2, 0) is 6.54 Å². The minimum absolute atomic E-state index is 0.191. The van der Waals surface area contributed by atoms with E-state index in [0.29, 0.717) is 12.6 Å². The predicted molar refractivity (Wildman–Crippen MR) is 75.5 cm³/mol. The first kappa shape index (κ1) is 15.5. The van der Waals surface area contributed by atoms with E-state index in [-0.39, 0.29) is 5.46 Å². The lowest BCUT2D eigenvalue weighted by atomic mass is 9.79. The van der Waals surface area contributed by atoms with Crippen LogP contribution in [-0.4, -0.2) is 47.2 Å². The Morgan fingerprint density at radius 2 is 2.06 bits per heavy atom. The van der Waals surface area contributed by atoms with E-state index in [4.69, 9.17) is 10.0 Å². The first-order chi connectivity index (χ1) is 8.43. The van der Waals surface area contributed by atoms with Crippen LogP contribution in [0.5, 0.6) is 0 Å². The van der Waals surface area contributed by atoms with Gasteiger partial charge >= 0.3 is 7.12 Å². The van der Waals surface area contributed by atoms with E-state index in [9.17, 15) is 4.39 Å². The van der Waals surface area contributed by atoms with E-state index in [2.05, 4.69) is 11.8 Å². The highest BCUT2D eigenvalue weighted by Gasteiger charge is 2.15. The summed E-state index contributed by atoms with van der Waals surface area (Å²) in [6.45, 7) is 2.69. The standard InChI is InChI=1S/C12H19BFNO2S/c1-9(8-18-3)15(2)7-10-4-11(13(16)17)6-12(14)5-10/h4-6,9,16-17H,7-8H2,1-3H3. The molecule has 0 aliphatic rings. The molecule has 0 heterocycles. The molecule has 1 aromatic rings. The van der Waals surface area contributed by atoms with Gasteiger partial charge in [0.1, 0.15) is 5.82 Å². The molecule has 3 nitrogen and oxygen atoms in total. The number of thioether (sulfide) groups is 1. The summed E-state index contributed by atoms with van der Waals surface area (Å²) in [5, 5.41) is 18.1. The van der Waals surface area contributed by atoms with E-state index >= 15 is 0 Å². The number of rotatable bonds is 6. The molecule has 0 amide bonds. The van der Waals surface area contributed by atoms with Gasteiger partial charge in [0.25, 0.3) is 0 Å². The van der Waals surface area contributed by atoms with Crippen molar-refractivity contribution in [2.75, 3.05) is 19.1 Å². The molecule has 0 bridgehead atoms. The van der Waals surface area contributed by atoms with Gasteiger partial charge in [-0.2, -0.15) is 11.8 Å². The van der Waals surface area contributed by atoms with Crippen molar-refractivity contribution in [3.8, 4) is 0 Å². The highest BCUT2D eigenvalue weighted by atomic mass is 32.2. The van der Waals surface area contributed by atoms with Crippen LogP contribution in [0.2, 0.25) is 0 Å². The maximum absolute atomic E-state index is 13.3. The molecule has 0 aliphatic carbocycles. The zero-order valence-corrected chi connectivity index (χ0v) is 11.7. The van der Waals surface area contributed by atoms with Crippen molar-refractivity contribution >= 4 is 24.3 Å². The van der Waals surface area contributed by atoms with Crippen LogP contribution in [0.3, 0.4) is 0 Å². The maximum Gasteiger partial charge on any atom is 0.488 e. The molecule has 1 unspecified atom stereocenters. The summed E-state index contributed by atoms with van der Waals surface area (Å²) < 4.78 is 13.3. The summed E-state index contributed by atoms with van der Waals surface area (Å²) in [6, 6.07) is 4.56. The average Bonchev–Trinajstić information content (AvgIpc) is 2.28. The number of halogens is 1. The third kappa shape index (κ3) is 4.61. The fourth-order valence-corrected chi connectivity index (χ4v) is 2.46. The second-order valence-electron chi connectivity index (χ2n) is 4.49. The lowest BCUT2D eigenvalue weighted by molar-refractivity contribution is 0.269. The minimum atomic E-state index is -1.63. The van der Waals surface area contributed by atoms with Crippen molar-refractivity contribution in [3.63, 3.8) is 0 Å². The van der Waals surface area contributed by atoms with Gasteiger partial charge in [-0.25, -0.2) is 4.39 Å². The topological polar surface area (TPSA) is 43.7 Å². The largest absolute Gasteiger partial charge is 0.488 e. The Morgan fingerprint density at radius 1 is 1.39 bits per heavy atom. The SMILES string of the molecule is CSCC(C)N(C)Cc1cc(F)cc(B(O)O)c1. The predicted octanol–water partition coefficient (Wildman–Crippen LogP) is 0.689. The van der Waals surface area contributed by atoms with Gasteiger partial charge in [-0.1, -0.05) is 6.07 Å². The Bertz CT molecular complexity index is 392. The quantitative estimate of drug-likeness (QED) is 0.747. The zero-order chi connectivity index (χ0) is 13.7. The Labute approximate surface area is 112 Å². The van der Waals surface area contributed by atoms with Gasteiger partial charge in [0.15, 0.2) is 0 Å². The molecule has 1 atom stereocenters. The third-order valence-electron chi connectivity index (χ3n) is 2.87. The molecule has 100 valence electrons. The van der Waals surface area contributed by atoms with E-state index < -0.39 is 12.9 Å². The van der Waals surface area contributed by atoms with Crippen LogP contribution in [0.1, 0.15) is 12.5 Å². The van der Waals surface area contributed by atoms with Crippen LogP contribution in [0.15, 0.2) is 18.2 Å². The van der Waals surface area contributed by atoms with Gasteiger partial charge in [-0.15, -0.1) is 0 Å². The average molecular weight is 271 g/mol. The first-order valence-electron chi connectivity index (χ1n) is 5.78. The second-order valence-corrected chi connectivity index (χ2v) is 5.40. The smallest absolute Gasteiger partial charge is 0.423 e. The molecule has 0 aromatic heterocycles. The van der Waals surface area contributed by atoms with Crippen molar-refractivity contribution in [2.24, 2.45) is 0 Å². The Morgan fingerprint density at radius 3 is 2.61 bits per heavy atom. The lowest BCUT2D eigenvalue weighted by Gasteiger charge is -2.24. The van der Waals surface area contributed by atoms with Crippen LogP contribution < -0.4 is 5.46 Å². The fraction of sp³-hybridized carbons (Fsp3) is 0.500. The Balaban J connectivity index is 2.77. The summed E-state index contributed by atoms with van der Waals surface area (Å²) >= 11 is 1.76. The molecule has 2 N–H and O–H groups in total. The van der Waals surface area contributed by atoms with Gasteiger partial charge in [0.05, 0.1) is 0 Å². The monoisotopic (exact) mass is 271 g/mol. The normalized spacial score (nSPS) is 12.8. The van der Waals surface area contributed by atoms with Crippen LogP contribution in [0.25, 0.3) is 0 Å². The van der Waals surface area contributed by atoms with Crippen LogP contribution in [0.4, 0.5) is 4.39 Å². The van der Waals surface area contributed by atoms with E-state index in [1.54, 1.807) is 17.8 Å². The molecule has 1 rings (SSSR count). The Kier molecular flexibility index (Phi) is 6.15. The zero-order valence-electron chi connectivity index (χ0n) is 10.9. The van der Waals surface area contributed by atoms with E-state index in [0.717, 1.165) is 17.4 Å². The molecule has 0 saturated heterocycles. The van der Waals surface area contributed by atoms with Gasteiger partial charge in [-0.3, -0.25) is 4.90 Å². The molecule has 1 aromatic carbocycles. The third-order valence-corrected chi connectivity index (χ3v) is 3.69. The van der Waals surface area contributed by atoms with Gasteiger partial charge < -0.3 is 10.0 Å². The number of hydrogen-bond donors (Lipinski definition) is 2. The van der Waals surface area contributed by atoms with Crippen molar-refractivity contribution in [3.05, 3.63) is 29.6 Å². The molecule has 0 fully saturated rings. The van der Waals surface area contributed by atoms with Crippen LogP contribution >= 0.6 is 11.8 Å². The molecule has 18 heavy (non-hydrogen) atoms. The molecular formula is C12H19BFNO2S. The minimum Gasteiger partial charge on any atom is -0.423 e. The summed E-state index contributed by atoms with van der Waals surface area (Å²) in [4.78, 5) is 2.11. The van der Waals surface area contributed by atoms with Crippen molar-refractivity contribution < 1.29 is 14.4 Å². The van der Waals surface area contributed by atoms with Crippen molar-refractivity contribution in [1.29, 1.82) is 0 Å². The maximum atomic E-state index is 13.3. The van der Waals surface area contributed by atoms with E-state index in [1.165, 1.54) is 6.07 Å². The number of benzene rings is 1. The summed E-state index contributed by atoms with van der Waals surface area (Å²) in [5.74, 6) is 0.558. The molecule has 0 aliphatic heterocycles. The number of hydrogen-bond acceptors (Lipinski definition) is 4. The molecular weight excluding hydrogens is 252 g/mol. The van der Waals surface area contributed by atoms with Gasteiger partial charge in [0.2, 0.25) is 0 Å². The second kappa shape index (κ2) is 7.14. The summed E-state index contributed by atoms with van der Waals surface area (Å²) in [7, 11) is 0.342. The van der Waals surface area contributed by atoms with Crippen molar-refractivity contribution in [2.45, 2.75) is 19.5 Å². The molecule has 6 heteroatoms. The number of nitrogens with zero attached hydrogens (tertiary/aromatic N) is 1. The highest BCUT2D eigenvalue weighted by molar-refractivity contribution is 7.98. The van der Waals surface area contributed by atoms with Crippen molar-refractivity contribution in [1.82, 2.24) is 4.90 Å². The van der Waals surface area contributed by atoms with Crippen LogP contribution in [0, 0.1) is 5.82 Å². The van der Waals surface area contributed by atoms with Gasteiger partial charge in [0, 0.05) is 18.3 Å².